The normalized spacial score (nSPS) is 22.6. The zero-order valence-corrected chi connectivity index (χ0v) is 15.3. The molecule has 2 fully saturated rings. The summed E-state index contributed by atoms with van der Waals surface area (Å²) in [7, 11) is 1.89. The van der Waals surface area contributed by atoms with E-state index >= 15 is 0 Å². The number of rotatable bonds is 3. The van der Waals surface area contributed by atoms with Gasteiger partial charge in [0, 0.05) is 38.4 Å². The largest absolute Gasteiger partial charge is 0.483 e. The predicted molar refractivity (Wildman–Crippen MR) is 98.4 cm³/mol. The highest BCUT2D eigenvalue weighted by Crippen LogP contribution is 2.21. The van der Waals surface area contributed by atoms with E-state index in [1.807, 2.05) is 53.2 Å². The van der Waals surface area contributed by atoms with E-state index in [0.29, 0.717) is 13.2 Å². The Morgan fingerprint density at radius 3 is 2.74 bits per heavy atom. The van der Waals surface area contributed by atoms with Gasteiger partial charge in [0.2, 0.25) is 5.91 Å². The van der Waals surface area contributed by atoms with Gasteiger partial charge in [-0.05, 0) is 12.1 Å². The number of hydrogen-bond donors (Lipinski definition) is 1. The first kappa shape index (κ1) is 19.1. The number of fused-ring (bicyclic) bond motifs is 3. The van der Waals surface area contributed by atoms with Crippen molar-refractivity contribution in [3.63, 3.8) is 0 Å². The highest BCUT2D eigenvalue weighted by molar-refractivity contribution is 5.79. The van der Waals surface area contributed by atoms with Crippen molar-refractivity contribution in [1.29, 1.82) is 0 Å². The highest BCUT2D eigenvalue weighted by atomic mass is 16.5. The Hall–Kier alpha value is -2.71. The molecule has 2 aliphatic heterocycles. The van der Waals surface area contributed by atoms with Gasteiger partial charge in [-0.3, -0.25) is 14.5 Å². The van der Waals surface area contributed by atoms with Crippen LogP contribution in [-0.4, -0.2) is 76.5 Å². The van der Waals surface area contributed by atoms with Crippen LogP contribution in [0.3, 0.4) is 0 Å². The Bertz CT molecular complexity index is 764. The van der Waals surface area contributed by atoms with Crippen LogP contribution in [0.4, 0.5) is 0 Å². The lowest BCUT2D eigenvalue weighted by Crippen LogP contribution is -2.42. The molecule has 0 saturated carbocycles. The summed E-state index contributed by atoms with van der Waals surface area (Å²) in [5.74, 6) is 0.145. The maximum Gasteiger partial charge on any atom is 0.290 e. The zero-order chi connectivity index (χ0) is 19.2. The van der Waals surface area contributed by atoms with Crippen LogP contribution in [0.1, 0.15) is 5.56 Å². The van der Waals surface area contributed by atoms with Crippen LogP contribution in [0.15, 0.2) is 42.7 Å². The molecule has 8 heteroatoms. The molecule has 1 aromatic heterocycles. The summed E-state index contributed by atoms with van der Waals surface area (Å²) in [6, 6.07) is 10.2. The smallest absolute Gasteiger partial charge is 0.290 e. The van der Waals surface area contributed by atoms with E-state index in [-0.39, 0.29) is 24.3 Å². The van der Waals surface area contributed by atoms with E-state index in [1.165, 1.54) is 0 Å². The molecule has 0 spiro atoms. The first-order valence-electron chi connectivity index (χ1n) is 8.86. The Morgan fingerprint density at radius 1 is 1.26 bits per heavy atom. The van der Waals surface area contributed by atoms with Crippen LogP contribution in [-0.2, 0) is 20.9 Å². The van der Waals surface area contributed by atoms with Gasteiger partial charge in [0.15, 0.2) is 0 Å². The number of ether oxygens (including phenoxy) is 1. The molecule has 1 aromatic carbocycles. The molecule has 3 heterocycles. The molecule has 4 rings (SSSR count). The Labute approximate surface area is 157 Å². The standard InChI is InChI=1S/C18H22N4O2.CH2O2/c1-20-17-11-21(10-15(18(20)23)12-24-13-17)8-14-7-19-22(9-14)16-5-3-2-4-6-16;2-1-3/h2-7,9,15,17H,8,10-13H2,1H3;1H,(H,2,3)/t15-,17+;/m1./s1. The zero-order valence-electron chi connectivity index (χ0n) is 15.3. The summed E-state index contributed by atoms with van der Waals surface area (Å²) in [4.78, 5) is 25.0. The minimum Gasteiger partial charge on any atom is -0.483 e. The van der Waals surface area contributed by atoms with Gasteiger partial charge in [0.1, 0.15) is 0 Å². The van der Waals surface area contributed by atoms with Gasteiger partial charge >= 0.3 is 0 Å². The lowest BCUT2D eigenvalue weighted by Gasteiger charge is -2.28. The van der Waals surface area contributed by atoms with Crippen molar-refractivity contribution in [3.8, 4) is 5.69 Å². The fourth-order valence-corrected chi connectivity index (χ4v) is 3.54. The van der Waals surface area contributed by atoms with Gasteiger partial charge in [0.05, 0.1) is 37.1 Å². The fourth-order valence-electron chi connectivity index (χ4n) is 3.54. The Kier molecular flexibility index (Phi) is 6.20. The van der Waals surface area contributed by atoms with Gasteiger partial charge in [-0.25, -0.2) is 4.68 Å². The van der Waals surface area contributed by atoms with E-state index < -0.39 is 0 Å². The second-order valence-electron chi connectivity index (χ2n) is 6.77. The lowest BCUT2D eigenvalue weighted by atomic mass is 10.1. The molecule has 0 aliphatic carbocycles. The Balaban J connectivity index is 0.000000659. The van der Waals surface area contributed by atoms with Crippen LogP contribution < -0.4 is 0 Å². The van der Waals surface area contributed by atoms with Crippen molar-refractivity contribution in [2.45, 2.75) is 12.6 Å². The summed E-state index contributed by atoms with van der Waals surface area (Å²) in [5, 5.41) is 11.4. The van der Waals surface area contributed by atoms with Crippen molar-refractivity contribution >= 4 is 12.4 Å². The molecule has 144 valence electrons. The van der Waals surface area contributed by atoms with Crippen LogP contribution in [0.5, 0.6) is 0 Å². The van der Waals surface area contributed by atoms with E-state index in [1.54, 1.807) is 0 Å². The van der Waals surface area contributed by atoms with Crippen molar-refractivity contribution in [2.75, 3.05) is 33.4 Å². The number of carbonyl (C=O) groups is 2. The fraction of sp³-hybridized carbons (Fsp3) is 0.421. The summed E-state index contributed by atoms with van der Waals surface area (Å²) in [5.41, 5.74) is 2.22. The molecule has 1 amide bonds. The minimum absolute atomic E-state index is 0.0633. The molecule has 27 heavy (non-hydrogen) atoms. The second kappa shape index (κ2) is 8.79. The van der Waals surface area contributed by atoms with Crippen molar-refractivity contribution in [2.24, 2.45) is 5.92 Å². The van der Waals surface area contributed by atoms with Crippen LogP contribution >= 0.6 is 0 Å². The molecule has 1 N–H and O–H groups in total. The van der Waals surface area contributed by atoms with Gasteiger partial charge in [0.25, 0.3) is 6.47 Å². The summed E-state index contributed by atoms with van der Waals surface area (Å²) >= 11 is 0. The number of aromatic nitrogens is 2. The number of carbonyl (C=O) groups excluding carboxylic acids is 1. The third kappa shape index (κ3) is 4.53. The Morgan fingerprint density at radius 2 is 2.00 bits per heavy atom. The maximum absolute atomic E-state index is 12.4. The first-order chi connectivity index (χ1) is 13.1. The van der Waals surface area contributed by atoms with Crippen molar-refractivity contribution < 1.29 is 19.4 Å². The third-order valence-electron chi connectivity index (χ3n) is 4.88. The van der Waals surface area contributed by atoms with Gasteiger partial charge in [-0.2, -0.15) is 5.10 Å². The molecule has 2 bridgehead atoms. The van der Waals surface area contributed by atoms with Gasteiger partial charge in [-0.15, -0.1) is 0 Å². The number of para-hydroxylation sites is 1. The molecule has 2 aliphatic rings. The SMILES string of the molecule is CN1C(=O)[C@H]2COC[C@@H]1CN(Cc1cnn(-c3ccccc3)c1)C2.O=CO. The highest BCUT2D eigenvalue weighted by Gasteiger charge is 2.37. The lowest BCUT2D eigenvalue weighted by molar-refractivity contribution is -0.134. The van der Waals surface area contributed by atoms with E-state index in [0.717, 1.165) is 30.9 Å². The molecular weight excluding hydrogens is 348 g/mol. The molecule has 2 saturated heterocycles. The quantitative estimate of drug-likeness (QED) is 0.804. The van der Waals surface area contributed by atoms with Gasteiger partial charge < -0.3 is 14.7 Å². The third-order valence-corrected chi connectivity index (χ3v) is 4.88. The maximum atomic E-state index is 12.4. The molecule has 0 radical (unpaired) electrons. The number of amides is 1. The van der Waals surface area contributed by atoms with Crippen LogP contribution in [0, 0.1) is 5.92 Å². The summed E-state index contributed by atoms with van der Waals surface area (Å²) in [6.45, 7) is 3.30. The van der Waals surface area contributed by atoms with E-state index in [4.69, 9.17) is 14.6 Å². The molecule has 8 nitrogen and oxygen atoms in total. The van der Waals surface area contributed by atoms with Gasteiger partial charge in [-0.1, -0.05) is 18.2 Å². The summed E-state index contributed by atoms with van der Waals surface area (Å²) in [6.07, 6.45) is 3.98. The average molecular weight is 372 g/mol. The number of benzene rings is 1. The van der Waals surface area contributed by atoms with E-state index in [9.17, 15) is 4.79 Å². The number of likely N-dealkylation sites (N-methyl/N-ethyl adjacent to an activating group) is 1. The number of carboxylic acid groups (broad SMARTS) is 1. The minimum atomic E-state index is -0.250. The molecule has 2 atom stereocenters. The predicted octanol–water partition coefficient (Wildman–Crippen LogP) is 0.862. The average Bonchev–Trinajstić information content (AvgIpc) is 3.04. The number of nitrogens with zero attached hydrogens (tertiary/aromatic N) is 4. The molecule has 0 unspecified atom stereocenters. The van der Waals surface area contributed by atoms with Crippen LogP contribution in [0.25, 0.3) is 5.69 Å². The van der Waals surface area contributed by atoms with Crippen molar-refractivity contribution in [3.05, 3.63) is 48.3 Å². The van der Waals surface area contributed by atoms with E-state index in [2.05, 4.69) is 16.2 Å². The van der Waals surface area contributed by atoms with Crippen LogP contribution in [0.2, 0.25) is 0 Å². The topological polar surface area (TPSA) is 87.9 Å². The summed E-state index contributed by atoms with van der Waals surface area (Å²) < 4.78 is 7.55. The number of hydrogen-bond acceptors (Lipinski definition) is 5. The first-order valence-corrected chi connectivity index (χ1v) is 8.86. The molecular formula is C19H24N4O4. The second-order valence-corrected chi connectivity index (χ2v) is 6.77. The molecule has 2 aromatic rings. The monoisotopic (exact) mass is 372 g/mol. The van der Waals surface area contributed by atoms with Crippen molar-refractivity contribution in [1.82, 2.24) is 19.6 Å².